The zero-order valence-corrected chi connectivity index (χ0v) is 12.6. The fraction of sp³-hybridized carbons (Fsp3) is 0.312. The Morgan fingerprint density at radius 3 is 3.05 bits per heavy atom. The van der Waals surface area contributed by atoms with E-state index in [1.807, 2.05) is 29.8 Å². The summed E-state index contributed by atoms with van der Waals surface area (Å²) in [6.45, 7) is 5.27. The lowest BCUT2D eigenvalue weighted by atomic mass is 10.1. The molecule has 0 spiro atoms. The molecular weight excluding hydrogens is 266 g/mol. The van der Waals surface area contributed by atoms with Crippen molar-refractivity contribution in [2.45, 2.75) is 32.9 Å². The monoisotopic (exact) mass is 285 g/mol. The van der Waals surface area contributed by atoms with Crippen LogP contribution in [0.25, 0.3) is 11.0 Å². The molecule has 20 heavy (non-hydrogen) atoms. The molecule has 3 aromatic heterocycles. The van der Waals surface area contributed by atoms with Crippen LogP contribution < -0.4 is 5.32 Å². The molecule has 0 radical (unpaired) electrons. The number of nitrogens with zero attached hydrogens (tertiary/aromatic N) is 1. The maximum Gasteiger partial charge on any atom is 0.137 e. The van der Waals surface area contributed by atoms with Gasteiger partial charge in [0.2, 0.25) is 0 Å². The molecule has 1 atom stereocenters. The van der Waals surface area contributed by atoms with Crippen LogP contribution in [0.2, 0.25) is 0 Å². The van der Waals surface area contributed by atoms with Gasteiger partial charge in [0.1, 0.15) is 5.65 Å². The second-order valence-electron chi connectivity index (χ2n) is 5.21. The molecule has 3 aromatic rings. The van der Waals surface area contributed by atoms with E-state index in [4.69, 9.17) is 0 Å². The molecule has 3 rings (SSSR count). The summed E-state index contributed by atoms with van der Waals surface area (Å²) in [6.07, 6.45) is 4.95. The second kappa shape index (κ2) is 5.77. The van der Waals surface area contributed by atoms with Gasteiger partial charge in [0.15, 0.2) is 0 Å². The minimum absolute atomic E-state index is 0.467. The van der Waals surface area contributed by atoms with E-state index in [2.05, 4.69) is 47.3 Å². The van der Waals surface area contributed by atoms with Gasteiger partial charge in [0.05, 0.1) is 0 Å². The zero-order valence-electron chi connectivity index (χ0n) is 11.8. The summed E-state index contributed by atoms with van der Waals surface area (Å²) in [5, 5.41) is 4.80. The Kier molecular flexibility index (Phi) is 3.85. The number of H-pyrrole nitrogens is 1. The van der Waals surface area contributed by atoms with Crippen molar-refractivity contribution in [3.63, 3.8) is 0 Å². The fourth-order valence-electron chi connectivity index (χ4n) is 2.41. The van der Waals surface area contributed by atoms with Crippen LogP contribution in [0.1, 0.15) is 22.2 Å². The van der Waals surface area contributed by atoms with E-state index < -0.39 is 0 Å². The van der Waals surface area contributed by atoms with E-state index in [9.17, 15) is 0 Å². The fourth-order valence-corrected chi connectivity index (χ4v) is 3.43. The molecular formula is C16H19N3S. The van der Waals surface area contributed by atoms with Crippen LogP contribution in [-0.4, -0.2) is 16.0 Å². The predicted molar refractivity (Wildman–Crippen MR) is 85.2 cm³/mol. The van der Waals surface area contributed by atoms with Gasteiger partial charge in [0, 0.05) is 40.1 Å². The molecule has 0 aromatic carbocycles. The van der Waals surface area contributed by atoms with E-state index in [0.29, 0.717) is 6.04 Å². The van der Waals surface area contributed by atoms with Gasteiger partial charge in [-0.15, -0.1) is 11.3 Å². The van der Waals surface area contributed by atoms with Gasteiger partial charge in [-0.2, -0.15) is 0 Å². The molecule has 3 heterocycles. The molecule has 0 amide bonds. The molecule has 104 valence electrons. The van der Waals surface area contributed by atoms with Crippen molar-refractivity contribution < 1.29 is 0 Å². The summed E-state index contributed by atoms with van der Waals surface area (Å²) in [4.78, 5) is 10.4. The highest BCUT2D eigenvalue weighted by Gasteiger charge is 2.08. The largest absolute Gasteiger partial charge is 0.346 e. The highest BCUT2D eigenvalue weighted by atomic mass is 32.1. The van der Waals surface area contributed by atoms with Gasteiger partial charge in [-0.25, -0.2) is 4.98 Å². The summed E-state index contributed by atoms with van der Waals surface area (Å²) in [5.74, 6) is 0. The lowest BCUT2D eigenvalue weighted by molar-refractivity contribution is 0.550. The highest BCUT2D eigenvalue weighted by Crippen LogP contribution is 2.18. The number of aryl methyl sites for hydroxylation is 1. The van der Waals surface area contributed by atoms with E-state index in [1.165, 1.54) is 20.7 Å². The molecule has 0 aliphatic rings. The standard InChI is InChI=1S/C16H19N3S/c1-11(8-14-6-5-12(2)20-14)18-9-13-10-19-16-15(13)4-3-7-17-16/h3-7,10-11,18H,8-9H2,1-2H3,(H,17,19). The van der Waals surface area contributed by atoms with Gasteiger partial charge >= 0.3 is 0 Å². The normalized spacial score (nSPS) is 12.9. The van der Waals surface area contributed by atoms with Gasteiger partial charge < -0.3 is 10.3 Å². The predicted octanol–water partition coefficient (Wildman–Crippen LogP) is 3.65. The van der Waals surface area contributed by atoms with Crippen molar-refractivity contribution in [2.24, 2.45) is 0 Å². The first kappa shape index (κ1) is 13.3. The molecule has 3 nitrogen and oxygen atoms in total. The van der Waals surface area contributed by atoms with Crippen molar-refractivity contribution in [3.05, 3.63) is 52.0 Å². The average Bonchev–Trinajstić information content (AvgIpc) is 3.03. The average molecular weight is 285 g/mol. The van der Waals surface area contributed by atoms with Crippen LogP contribution in [0, 0.1) is 6.92 Å². The van der Waals surface area contributed by atoms with E-state index >= 15 is 0 Å². The van der Waals surface area contributed by atoms with Gasteiger partial charge in [-0.1, -0.05) is 0 Å². The minimum atomic E-state index is 0.467. The molecule has 1 unspecified atom stereocenters. The van der Waals surface area contributed by atoms with Crippen molar-refractivity contribution in [1.82, 2.24) is 15.3 Å². The van der Waals surface area contributed by atoms with Crippen LogP contribution in [0.15, 0.2) is 36.7 Å². The van der Waals surface area contributed by atoms with Crippen LogP contribution in [0.3, 0.4) is 0 Å². The quantitative estimate of drug-likeness (QED) is 0.751. The van der Waals surface area contributed by atoms with E-state index in [1.54, 1.807) is 0 Å². The van der Waals surface area contributed by atoms with Gasteiger partial charge in [-0.3, -0.25) is 0 Å². The van der Waals surface area contributed by atoms with Crippen LogP contribution in [0.5, 0.6) is 0 Å². The number of aromatic amines is 1. The lowest BCUT2D eigenvalue weighted by Gasteiger charge is -2.12. The van der Waals surface area contributed by atoms with E-state index in [0.717, 1.165) is 18.6 Å². The number of thiophene rings is 1. The number of rotatable bonds is 5. The molecule has 4 heteroatoms. The molecule has 2 N–H and O–H groups in total. The lowest BCUT2D eigenvalue weighted by Crippen LogP contribution is -2.27. The zero-order chi connectivity index (χ0) is 13.9. The first-order valence-electron chi connectivity index (χ1n) is 6.92. The Morgan fingerprint density at radius 1 is 1.35 bits per heavy atom. The Hall–Kier alpha value is -1.65. The van der Waals surface area contributed by atoms with Crippen molar-refractivity contribution in [2.75, 3.05) is 0 Å². The summed E-state index contributed by atoms with van der Waals surface area (Å²) < 4.78 is 0. The second-order valence-corrected chi connectivity index (χ2v) is 6.58. The number of aromatic nitrogens is 2. The summed E-state index contributed by atoms with van der Waals surface area (Å²) in [5.41, 5.74) is 2.24. The van der Waals surface area contributed by atoms with Crippen molar-refractivity contribution in [3.8, 4) is 0 Å². The Labute approximate surface area is 123 Å². The third-order valence-corrected chi connectivity index (χ3v) is 4.50. The third kappa shape index (κ3) is 2.92. The van der Waals surface area contributed by atoms with Gasteiger partial charge in [0.25, 0.3) is 0 Å². The smallest absolute Gasteiger partial charge is 0.137 e. The molecule has 0 saturated carbocycles. The number of pyridine rings is 1. The highest BCUT2D eigenvalue weighted by molar-refractivity contribution is 7.11. The van der Waals surface area contributed by atoms with Gasteiger partial charge in [-0.05, 0) is 50.1 Å². The van der Waals surface area contributed by atoms with Crippen molar-refractivity contribution >= 4 is 22.4 Å². The minimum Gasteiger partial charge on any atom is -0.346 e. The molecule has 0 aliphatic carbocycles. The maximum atomic E-state index is 4.32. The Bertz CT molecular complexity index is 698. The summed E-state index contributed by atoms with van der Waals surface area (Å²) in [7, 11) is 0. The Balaban J connectivity index is 1.61. The number of nitrogens with one attached hydrogen (secondary N) is 2. The first-order chi connectivity index (χ1) is 9.72. The van der Waals surface area contributed by atoms with Crippen LogP contribution >= 0.6 is 11.3 Å². The van der Waals surface area contributed by atoms with Crippen LogP contribution in [-0.2, 0) is 13.0 Å². The molecule has 0 bridgehead atoms. The van der Waals surface area contributed by atoms with Crippen molar-refractivity contribution in [1.29, 1.82) is 0 Å². The molecule has 0 aliphatic heterocycles. The first-order valence-corrected chi connectivity index (χ1v) is 7.73. The number of fused-ring (bicyclic) bond motifs is 1. The summed E-state index contributed by atoms with van der Waals surface area (Å²) in [6, 6.07) is 8.99. The molecule has 0 saturated heterocycles. The third-order valence-electron chi connectivity index (χ3n) is 3.48. The number of hydrogen-bond donors (Lipinski definition) is 2. The Morgan fingerprint density at radius 2 is 2.25 bits per heavy atom. The molecule has 0 fully saturated rings. The number of hydrogen-bond acceptors (Lipinski definition) is 3. The van der Waals surface area contributed by atoms with Crippen LogP contribution in [0.4, 0.5) is 0 Å². The van der Waals surface area contributed by atoms with E-state index in [-0.39, 0.29) is 0 Å². The SMILES string of the molecule is Cc1ccc(CC(C)NCc2c[nH]c3ncccc23)s1. The topological polar surface area (TPSA) is 40.7 Å². The summed E-state index contributed by atoms with van der Waals surface area (Å²) >= 11 is 1.89. The maximum absolute atomic E-state index is 4.32.